The normalized spacial score (nSPS) is 15.4. The predicted octanol–water partition coefficient (Wildman–Crippen LogP) is 5.37. The van der Waals surface area contributed by atoms with E-state index in [1.54, 1.807) is 24.3 Å². The highest BCUT2D eigenvalue weighted by Crippen LogP contribution is 2.42. The fourth-order valence-corrected chi connectivity index (χ4v) is 5.64. The number of aryl methyl sites for hydroxylation is 2. The summed E-state index contributed by atoms with van der Waals surface area (Å²) >= 11 is 0. The smallest absolute Gasteiger partial charge is 0.195 e. The molecule has 2 N–H and O–H groups in total. The van der Waals surface area contributed by atoms with Crippen molar-refractivity contribution in [1.82, 2.24) is 9.47 Å². The van der Waals surface area contributed by atoms with Gasteiger partial charge in [0.1, 0.15) is 23.9 Å². The number of aromatic hydroxyl groups is 2. The molecule has 4 aromatic rings. The molecule has 0 amide bonds. The van der Waals surface area contributed by atoms with Crippen molar-refractivity contribution >= 4 is 16.7 Å². The molecule has 3 heterocycles. The van der Waals surface area contributed by atoms with Crippen LogP contribution in [0.3, 0.4) is 0 Å². The van der Waals surface area contributed by atoms with Crippen molar-refractivity contribution in [2.75, 3.05) is 26.2 Å². The van der Waals surface area contributed by atoms with E-state index in [1.807, 2.05) is 36.4 Å². The van der Waals surface area contributed by atoms with Crippen molar-refractivity contribution in [2.24, 2.45) is 0 Å². The van der Waals surface area contributed by atoms with Gasteiger partial charge in [-0.3, -0.25) is 9.69 Å². The van der Waals surface area contributed by atoms with Gasteiger partial charge in [0.15, 0.2) is 5.78 Å². The van der Waals surface area contributed by atoms with Crippen molar-refractivity contribution in [3.05, 3.63) is 77.4 Å². The van der Waals surface area contributed by atoms with E-state index in [1.165, 1.54) is 19.3 Å². The van der Waals surface area contributed by atoms with Crippen LogP contribution in [-0.4, -0.2) is 51.7 Å². The number of aromatic nitrogens is 1. The third-order valence-electron chi connectivity index (χ3n) is 7.47. The van der Waals surface area contributed by atoms with E-state index in [-0.39, 0.29) is 17.3 Å². The molecule has 6 rings (SSSR count). The fourth-order valence-electron chi connectivity index (χ4n) is 5.64. The summed E-state index contributed by atoms with van der Waals surface area (Å²) in [6, 6.07) is 17.8. The van der Waals surface area contributed by atoms with Crippen molar-refractivity contribution in [2.45, 2.75) is 32.2 Å². The van der Waals surface area contributed by atoms with E-state index in [9.17, 15) is 15.0 Å². The minimum atomic E-state index is -0.0875. The summed E-state index contributed by atoms with van der Waals surface area (Å²) in [4.78, 5) is 16.4. The Balaban J connectivity index is 1.32. The van der Waals surface area contributed by atoms with Gasteiger partial charge in [-0.1, -0.05) is 12.5 Å². The van der Waals surface area contributed by atoms with E-state index in [0.717, 1.165) is 59.5 Å². The zero-order chi connectivity index (χ0) is 24.6. The summed E-state index contributed by atoms with van der Waals surface area (Å²) in [5.41, 5.74) is 4.74. The molecule has 1 saturated heterocycles. The Hall–Kier alpha value is -3.77. The average Bonchev–Trinajstić information content (AvgIpc) is 3.23. The molecular formula is C30H30N2O4. The fraction of sp³-hybridized carbons (Fsp3) is 0.300. The van der Waals surface area contributed by atoms with Crippen molar-refractivity contribution in [3.63, 3.8) is 0 Å². The van der Waals surface area contributed by atoms with Crippen LogP contribution in [0.25, 0.3) is 22.2 Å². The summed E-state index contributed by atoms with van der Waals surface area (Å²) in [6.07, 6.45) is 4.64. The Kier molecular flexibility index (Phi) is 5.89. The third-order valence-corrected chi connectivity index (χ3v) is 7.47. The van der Waals surface area contributed by atoms with Gasteiger partial charge in [-0.25, -0.2) is 0 Å². The van der Waals surface area contributed by atoms with Gasteiger partial charge in [-0.2, -0.15) is 0 Å². The summed E-state index contributed by atoms with van der Waals surface area (Å²) in [5, 5.41) is 21.2. The molecule has 0 bridgehead atoms. The molecule has 1 aromatic heterocycles. The minimum absolute atomic E-state index is 0.0875. The number of benzene rings is 3. The molecule has 6 nitrogen and oxygen atoms in total. The predicted molar refractivity (Wildman–Crippen MR) is 140 cm³/mol. The second-order valence-electron chi connectivity index (χ2n) is 9.77. The summed E-state index contributed by atoms with van der Waals surface area (Å²) in [5.74, 6) is 0.998. The minimum Gasteiger partial charge on any atom is -0.508 e. The Labute approximate surface area is 210 Å². The molecule has 0 radical (unpaired) electrons. The van der Waals surface area contributed by atoms with E-state index in [2.05, 4.69) is 9.47 Å². The molecule has 0 spiro atoms. The van der Waals surface area contributed by atoms with Crippen LogP contribution in [0.5, 0.6) is 17.2 Å². The van der Waals surface area contributed by atoms with Gasteiger partial charge in [0.25, 0.3) is 0 Å². The van der Waals surface area contributed by atoms with E-state index >= 15 is 0 Å². The molecule has 3 aromatic carbocycles. The van der Waals surface area contributed by atoms with Crippen LogP contribution in [-0.2, 0) is 13.0 Å². The number of likely N-dealkylation sites (tertiary alicyclic amines) is 1. The summed E-state index contributed by atoms with van der Waals surface area (Å²) in [6.45, 7) is 4.54. The highest BCUT2D eigenvalue weighted by molar-refractivity contribution is 6.21. The van der Waals surface area contributed by atoms with Gasteiger partial charge in [0.2, 0.25) is 0 Å². The zero-order valence-corrected chi connectivity index (χ0v) is 20.2. The number of phenolic OH excluding ortho intramolecular Hbond substituents is 2. The van der Waals surface area contributed by atoms with Crippen molar-refractivity contribution in [3.8, 4) is 28.5 Å². The highest BCUT2D eigenvalue weighted by Gasteiger charge is 2.29. The first kappa shape index (κ1) is 22.7. The molecule has 1 fully saturated rings. The van der Waals surface area contributed by atoms with Crippen LogP contribution in [0, 0.1) is 0 Å². The molecular weight excluding hydrogens is 452 g/mol. The first-order valence-electron chi connectivity index (χ1n) is 12.8. The van der Waals surface area contributed by atoms with Crippen LogP contribution < -0.4 is 4.74 Å². The lowest BCUT2D eigenvalue weighted by atomic mass is 9.92. The lowest BCUT2D eigenvalue weighted by Gasteiger charge is -2.26. The number of carbonyl (C=O) groups is 1. The van der Waals surface area contributed by atoms with Gasteiger partial charge < -0.3 is 19.5 Å². The number of piperidine rings is 1. The molecule has 0 aliphatic carbocycles. The Morgan fingerprint density at radius 2 is 1.61 bits per heavy atom. The molecule has 0 unspecified atom stereocenters. The summed E-state index contributed by atoms with van der Waals surface area (Å²) < 4.78 is 8.04. The Bertz CT molecular complexity index is 1430. The second kappa shape index (κ2) is 9.36. The topological polar surface area (TPSA) is 74.9 Å². The molecule has 184 valence electrons. The van der Waals surface area contributed by atoms with E-state index in [0.29, 0.717) is 24.3 Å². The molecule has 0 atom stereocenters. The second-order valence-corrected chi connectivity index (χ2v) is 9.77. The quantitative estimate of drug-likeness (QED) is 0.362. The first-order chi connectivity index (χ1) is 17.6. The van der Waals surface area contributed by atoms with Gasteiger partial charge in [-0.05, 0) is 86.4 Å². The maximum Gasteiger partial charge on any atom is 0.195 e. The lowest BCUT2D eigenvalue weighted by Crippen LogP contribution is -2.33. The number of fused-ring (bicyclic) bond motifs is 5. The largest absolute Gasteiger partial charge is 0.508 e. The maximum absolute atomic E-state index is 13.9. The number of phenols is 2. The lowest BCUT2D eigenvalue weighted by molar-refractivity contribution is 0.104. The molecule has 36 heavy (non-hydrogen) atoms. The van der Waals surface area contributed by atoms with E-state index in [4.69, 9.17) is 4.74 Å². The van der Waals surface area contributed by atoms with Crippen LogP contribution in [0.4, 0.5) is 0 Å². The zero-order valence-electron chi connectivity index (χ0n) is 20.2. The van der Waals surface area contributed by atoms with Crippen LogP contribution in [0.15, 0.2) is 60.7 Å². The number of hydrogen-bond donors (Lipinski definition) is 2. The highest BCUT2D eigenvalue weighted by atomic mass is 16.5. The summed E-state index contributed by atoms with van der Waals surface area (Å²) in [7, 11) is 0. The Morgan fingerprint density at radius 3 is 2.42 bits per heavy atom. The monoisotopic (exact) mass is 482 g/mol. The molecule has 0 saturated carbocycles. The molecule has 6 heteroatoms. The first-order valence-corrected chi connectivity index (χ1v) is 12.8. The van der Waals surface area contributed by atoms with Gasteiger partial charge in [0, 0.05) is 35.7 Å². The number of hydrogen-bond acceptors (Lipinski definition) is 5. The van der Waals surface area contributed by atoms with E-state index < -0.39 is 0 Å². The number of carbonyl (C=O) groups excluding carboxylic acids is 1. The maximum atomic E-state index is 13.9. The standard InChI is InChI=1S/C30H30N2O4/c33-22-7-4-20-12-15-32-27-19-23(34)8-11-25(27)28(29(32)26(20)18-22)30(35)21-5-9-24(10-6-21)36-17-16-31-13-2-1-3-14-31/h4-11,18-19,33-34H,1-3,12-17H2. The number of rotatable bonds is 6. The third kappa shape index (κ3) is 4.11. The average molecular weight is 483 g/mol. The van der Waals surface area contributed by atoms with Gasteiger partial charge in [-0.15, -0.1) is 0 Å². The van der Waals surface area contributed by atoms with Crippen molar-refractivity contribution < 1.29 is 19.7 Å². The number of nitrogens with zero attached hydrogens (tertiary/aromatic N) is 2. The Morgan fingerprint density at radius 1 is 0.861 bits per heavy atom. The molecule has 2 aliphatic heterocycles. The van der Waals surface area contributed by atoms with Gasteiger partial charge in [0.05, 0.1) is 16.8 Å². The number of ether oxygens (including phenoxy) is 1. The van der Waals surface area contributed by atoms with Crippen LogP contribution in [0.2, 0.25) is 0 Å². The van der Waals surface area contributed by atoms with Crippen LogP contribution in [0.1, 0.15) is 40.7 Å². The van der Waals surface area contributed by atoms with Gasteiger partial charge >= 0.3 is 0 Å². The van der Waals surface area contributed by atoms with Crippen molar-refractivity contribution in [1.29, 1.82) is 0 Å². The number of ketones is 1. The van der Waals surface area contributed by atoms with Crippen LogP contribution >= 0.6 is 0 Å². The molecule has 2 aliphatic rings. The SMILES string of the molecule is O=C(c1ccc(OCCN2CCCCC2)cc1)c1c2n(c3cc(O)ccc13)CCc1ccc(O)cc1-2.